The van der Waals surface area contributed by atoms with Crippen LogP contribution in [0.4, 0.5) is 13.2 Å². The van der Waals surface area contributed by atoms with Crippen molar-refractivity contribution in [3.63, 3.8) is 0 Å². The third-order valence-corrected chi connectivity index (χ3v) is 2.96. The fraction of sp³-hybridized carbons (Fsp3) is 0.154. The van der Waals surface area contributed by atoms with Gasteiger partial charge in [0.2, 0.25) is 5.88 Å². The Labute approximate surface area is 126 Å². The molecule has 0 atom stereocenters. The van der Waals surface area contributed by atoms with E-state index in [-0.39, 0.29) is 11.6 Å². The quantitative estimate of drug-likeness (QED) is 0.773. The molecule has 0 aliphatic carbocycles. The first-order chi connectivity index (χ1) is 9.77. The van der Waals surface area contributed by atoms with Crippen LogP contribution >= 0.6 is 15.9 Å². The van der Waals surface area contributed by atoms with Crippen molar-refractivity contribution in [2.75, 3.05) is 0 Å². The van der Waals surface area contributed by atoms with E-state index in [0.717, 1.165) is 12.1 Å². The second-order valence-corrected chi connectivity index (χ2v) is 4.88. The molecule has 21 heavy (non-hydrogen) atoms. The number of carbonyl (C=O) groups excluding carboxylic acids is 1. The summed E-state index contributed by atoms with van der Waals surface area (Å²) in [5.41, 5.74) is -0.451. The van der Waals surface area contributed by atoms with Gasteiger partial charge >= 0.3 is 6.18 Å². The van der Waals surface area contributed by atoms with Crippen molar-refractivity contribution < 1.29 is 22.7 Å². The van der Waals surface area contributed by atoms with E-state index in [0.29, 0.717) is 10.3 Å². The van der Waals surface area contributed by atoms with Crippen molar-refractivity contribution in [1.29, 1.82) is 0 Å². The van der Waals surface area contributed by atoms with Crippen LogP contribution in [0, 0.1) is 6.92 Å². The molecule has 110 valence electrons. The average molecular weight is 361 g/mol. The summed E-state index contributed by atoms with van der Waals surface area (Å²) < 4.78 is 42.8. The number of ether oxygens (including phenoxy) is 1. The van der Waals surface area contributed by atoms with Crippen molar-refractivity contribution in [3.8, 4) is 11.6 Å². The van der Waals surface area contributed by atoms with E-state index < -0.39 is 17.5 Å². The molecule has 0 saturated heterocycles. The van der Waals surface area contributed by atoms with Crippen LogP contribution in [-0.4, -0.2) is 21.9 Å². The van der Waals surface area contributed by atoms with Crippen molar-refractivity contribution in [1.82, 2.24) is 9.97 Å². The van der Waals surface area contributed by atoms with Crippen molar-refractivity contribution >= 4 is 21.7 Å². The van der Waals surface area contributed by atoms with Gasteiger partial charge in [-0.15, -0.1) is 0 Å². The molecule has 1 heterocycles. The maximum absolute atomic E-state index is 12.3. The first kappa shape index (κ1) is 15.4. The largest absolute Gasteiger partial charge is 0.454 e. The molecule has 0 spiro atoms. The molecule has 0 aliphatic heterocycles. The number of aryl methyl sites for hydroxylation is 1. The van der Waals surface area contributed by atoms with Gasteiger partial charge in [0.15, 0.2) is 0 Å². The number of hydrogen-bond acceptors (Lipinski definition) is 4. The second kappa shape index (κ2) is 5.80. The Hall–Kier alpha value is -1.96. The van der Waals surface area contributed by atoms with Gasteiger partial charge < -0.3 is 4.74 Å². The minimum absolute atomic E-state index is 0.234. The van der Waals surface area contributed by atoms with Gasteiger partial charge in [-0.2, -0.15) is 18.2 Å². The number of ketones is 1. The van der Waals surface area contributed by atoms with Gasteiger partial charge in [0, 0.05) is 11.8 Å². The van der Waals surface area contributed by atoms with Crippen LogP contribution in [0.1, 0.15) is 16.2 Å². The number of carbonyl (C=O) groups is 1. The van der Waals surface area contributed by atoms with E-state index in [1.807, 2.05) is 0 Å². The molecule has 4 nitrogen and oxygen atoms in total. The van der Waals surface area contributed by atoms with E-state index in [1.165, 1.54) is 18.3 Å². The zero-order valence-corrected chi connectivity index (χ0v) is 12.2. The molecule has 0 bridgehead atoms. The van der Waals surface area contributed by atoms with Gasteiger partial charge in [-0.05, 0) is 47.1 Å². The van der Waals surface area contributed by atoms with E-state index in [1.54, 1.807) is 6.92 Å². The number of Topliss-reactive ketones (excluding diaryl/α,β-unsaturated/α-hetero) is 1. The molecule has 0 radical (unpaired) electrons. The van der Waals surface area contributed by atoms with Crippen LogP contribution < -0.4 is 4.74 Å². The molecule has 0 amide bonds. The van der Waals surface area contributed by atoms with E-state index in [4.69, 9.17) is 4.74 Å². The Morgan fingerprint density at radius 1 is 1.24 bits per heavy atom. The molecular weight excluding hydrogens is 353 g/mol. The first-order valence-electron chi connectivity index (χ1n) is 5.66. The summed E-state index contributed by atoms with van der Waals surface area (Å²) in [6.07, 6.45) is -3.39. The highest BCUT2D eigenvalue weighted by Gasteiger charge is 2.39. The van der Waals surface area contributed by atoms with Crippen LogP contribution in [0.3, 0.4) is 0 Å². The number of benzene rings is 1. The fourth-order valence-corrected chi connectivity index (χ4v) is 1.73. The topological polar surface area (TPSA) is 52.1 Å². The van der Waals surface area contributed by atoms with Gasteiger partial charge in [-0.1, -0.05) is 0 Å². The summed E-state index contributed by atoms with van der Waals surface area (Å²) in [6, 6.07) is 4.63. The molecule has 0 unspecified atom stereocenters. The van der Waals surface area contributed by atoms with Gasteiger partial charge in [0.25, 0.3) is 5.78 Å². The highest BCUT2D eigenvalue weighted by molar-refractivity contribution is 9.10. The number of alkyl halides is 3. The Kier molecular flexibility index (Phi) is 4.26. The molecule has 0 aliphatic rings. The number of halogens is 4. The smallest absolute Gasteiger partial charge is 0.438 e. The third-order valence-electron chi connectivity index (χ3n) is 2.42. The highest BCUT2D eigenvalue weighted by Crippen LogP contribution is 2.28. The lowest BCUT2D eigenvalue weighted by Gasteiger charge is -2.08. The lowest BCUT2D eigenvalue weighted by molar-refractivity contribution is -0.0885. The monoisotopic (exact) mass is 360 g/mol. The molecule has 1 aromatic heterocycles. The summed E-state index contributed by atoms with van der Waals surface area (Å²) in [5, 5.41) is 0. The number of aromatic nitrogens is 2. The Morgan fingerprint density at radius 3 is 2.43 bits per heavy atom. The average Bonchev–Trinajstić information content (AvgIpc) is 2.42. The molecule has 2 aromatic rings. The summed E-state index contributed by atoms with van der Waals surface area (Å²) in [4.78, 5) is 19.0. The Balaban J connectivity index is 2.20. The number of nitrogens with zero attached hydrogens (tertiary/aromatic N) is 2. The molecule has 0 fully saturated rings. The van der Waals surface area contributed by atoms with Gasteiger partial charge in [0.1, 0.15) is 11.6 Å². The van der Waals surface area contributed by atoms with Crippen LogP contribution in [0.25, 0.3) is 0 Å². The predicted octanol–water partition coefficient (Wildman–Crippen LogP) is 4.08. The summed E-state index contributed by atoms with van der Waals surface area (Å²) in [6.45, 7) is 1.67. The van der Waals surface area contributed by atoms with E-state index in [2.05, 4.69) is 25.9 Å². The lowest BCUT2D eigenvalue weighted by atomic mass is 10.1. The summed E-state index contributed by atoms with van der Waals surface area (Å²) in [5.74, 6) is -0.921. The third kappa shape index (κ3) is 3.78. The van der Waals surface area contributed by atoms with Crippen LogP contribution in [0.5, 0.6) is 11.6 Å². The first-order valence-corrected chi connectivity index (χ1v) is 6.45. The Bertz CT molecular complexity index is 672. The van der Waals surface area contributed by atoms with Crippen LogP contribution in [-0.2, 0) is 0 Å². The van der Waals surface area contributed by atoms with Gasteiger partial charge in [-0.3, -0.25) is 4.79 Å². The minimum Gasteiger partial charge on any atom is -0.438 e. The minimum atomic E-state index is -4.89. The molecular formula is C13H8BrF3N2O2. The zero-order valence-electron chi connectivity index (χ0n) is 10.6. The second-order valence-electron chi connectivity index (χ2n) is 4.02. The summed E-state index contributed by atoms with van der Waals surface area (Å²) >= 11 is 3.20. The normalized spacial score (nSPS) is 11.3. The number of rotatable bonds is 3. The molecule has 2 rings (SSSR count). The molecule has 8 heteroatoms. The molecule has 0 saturated carbocycles. The molecule has 1 aromatic carbocycles. The van der Waals surface area contributed by atoms with Crippen molar-refractivity contribution in [2.24, 2.45) is 0 Å². The van der Waals surface area contributed by atoms with Crippen molar-refractivity contribution in [3.05, 3.63) is 46.3 Å². The highest BCUT2D eigenvalue weighted by atomic mass is 79.9. The van der Waals surface area contributed by atoms with Crippen molar-refractivity contribution in [2.45, 2.75) is 13.1 Å². The predicted molar refractivity (Wildman–Crippen MR) is 71.4 cm³/mol. The maximum Gasteiger partial charge on any atom is 0.454 e. The maximum atomic E-state index is 12.3. The van der Waals surface area contributed by atoms with Gasteiger partial charge in [-0.25, -0.2) is 4.98 Å². The van der Waals surface area contributed by atoms with Crippen LogP contribution in [0.15, 0.2) is 34.9 Å². The molecule has 0 N–H and O–H groups in total. The van der Waals surface area contributed by atoms with Gasteiger partial charge in [0.05, 0.1) is 4.47 Å². The number of hydrogen-bond donors (Lipinski definition) is 0. The van der Waals surface area contributed by atoms with E-state index in [9.17, 15) is 18.0 Å². The SMILES string of the molecule is Cc1ncc(Br)c(Oc2ccc(C(=O)C(F)(F)F)cc2)n1. The van der Waals surface area contributed by atoms with Crippen LogP contribution in [0.2, 0.25) is 0 Å². The standard InChI is InChI=1S/C13H8BrF3N2O2/c1-7-18-6-10(14)12(19-7)21-9-4-2-8(3-5-9)11(20)13(15,16)17/h2-6H,1H3. The fourth-order valence-electron chi connectivity index (χ4n) is 1.46. The Morgan fingerprint density at radius 2 is 1.86 bits per heavy atom. The summed E-state index contributed by atoms with van der Waals surface area (Å²) in [7, 11) is 0. The zero-order chi connectivity index (χ0) is 15.6. The lowest BCUT2D eigenvalue weighted by Crippen LogP contribution is -2.22. The van der Waals surface area contributed by atoms with E-state index >= 15 is 0 Å².